The number of benzene rings is 1. The molecule has 0 saturated carbocycles. The summed E-state index contributed by atoms with van der Waals surface area (Å²) in [6, 6.07) is 10.5. The van der Waals surface area contributed by atoms with E-state index in [1.54, 1.807) is 12.1 Å². The zero-order valence-corrected chi connectivity index (χ0v) is 11.3. The van der Waals surface area contributed by atoms with E-state index in [1.165, 1.54) is 21.8 Å². The van der Waals surface area contributed by atoms with Gasteiger partial charge in [0.25, 0.3) is 5.56 Å². The summed E-state index contributed by atoms with van der Waals surface area (Å²) in [6.45, 7) is 0.414. The van der Waals surface area contributed by atoms with Crippen molar-refractivity contribution in [3.8, 4) is 5.69 Å². The van der Waals surface area contributed by atoms with Crippen LogP contribution in [-0.2, 0) is 4.79 Å². The molecule has 0 radical (unpaired) electrons. The van der Waals surface area contributed by atoms with Gasteiger partial charge in [0, 0.05) is 19.0 Å². The monoisotopic (exact) mass is 289 g/mol. The van der Waals surface area contributed by atoms with Crippen molar-refractivity contribution in [2.24, 2.45) is 0 Å². The maximum absolute atomic E-state index is 12.1. The van der Waals surface area contributed by atoms with Crippen molar-refractivity contribution in [2.75, 3.05) is 11.4 Å². The van der Waals surface area contributed by atoms with E-state index in [0.29, 0.717) is 24.3 Å². The van der Waals surface area contributed by atoms with Crippen molar-refractivity contribution in [3.05, 3.63) is 52.9 Å². The summed E-state index contributed by atoms with van der Waals surface area (Å²) in [5.74, 6) is -0.0799. The van der Waals surface area contributed by atoms with E-state index < -0.39 is 0 Å². The Kier molecular flexibility index (Phi) is 3.28. The van der Waals surface area contributed by atoms with Gasteiger partial charge in [-0.05, 0) is 12.1 Å². The quantitative estimate of drug-likeness (QED) is 0.789. The number of rotatable bonds is 2. The highest BCUT2D eigenvalue weighted by molar-refractivity contribution is 6.24. The van der Waals surface area contributed by atoms with Crippen LogP contribution in [0.2, 0.25) is 0 Å². The van der Waals surface area contributed by atoms with E-state index in [0.717, 1.165) is 0 Å². The molecule has 1 amide bonds. The molecule has 5 nitrogen and oxygen atoms in total. The second-order valence-corrected chi connectivity index (χ2v) is 5.22. The van der Waals surface area contributed by atoms with E-state index in [2.05, 4.69) is 5.10 Å². The van der Waals surface area contributed by atoms with Gasteiger partial charge in [0.1, 0.15) is 0 Å². The number of hydrogen-bond acceptors (Lipinski definition) is 3. The van der Waals surface area contributed by atoms with Crippen LogP contribution in [0.1, 0.15) is 6.42 Å². The van der Waals surface area contributed by atoms with Crippen LogP contribution in [0.15, 0.2) is 47.4 Å². The normalized spacial score (nSPS) is 18.6. The van der Waals surface area contributed by atoms with E-state index >= 15 is 0 Å². The molecule has 6 heteroatoms. The third kappa shape index (κ3) is 2.32. The molecule has 0 bridgehead atoms. The van der Waals surface area contributed by atoms with Crippen molar-refractivity contribution in [3.63, 3.8) is 0 Å². The molecule has 2 heterocycles. The van der Waals surface area contributed by atoms with Crippen LogP contribution in [0.25, 0.3) is 5.69 Å². The third-order valence-corrected chi connectivity index (χ3v) is 3.47. The number of aromatic nitrogens is 2. The molecule has 1 fully saturated rings. The Morgan fingerprint density at radius 3 is 2.50 bits per heavy atom. The summed E-state index contributed by atoms with van der Waals surface area (Å²) in [4.78, 5) is 25.4. The van der Waals surface area contributed by atoms with Gasteiger partial charge in [-0.15, -0.1) is 11.6 Å². The molecule has 0 N–H and O–H groups in total. The van der Waals surface area contributed by atoms with Crippen molar-refractivity contribution < 1.29 is 4.79 Å². The highest BCUT2D eigenvalue weighted by atomic mass is 35.5. The molecule has 0 aliphatic carbocycles. The van der Waals surface area contributed by atoms with E-state index in [4.69, 9.17) is 11.6 Å². The lowest BCUT2D eigenvalue weighted by Gasteiger charge is -2.15. The van der Waals surface area contributed by atoms with E-state index in [1.807, 2.05) is 18.2 Å². The summed E-state index contributed by atoms with van der Waals surface area (Å²) in [7, 11) is 0. The molecule has 1 saturated heterocycles. The minimum Gasteiger partial charge on any atom is -0.309 e. The summed E-state index contributed by atoms with van der Waals surface area (Å²) >= 11 is 5.95. The van der Waals surface area contributed by atoms with Crippen LogP contribution in [0, 0.1) is 0 Å². The van der Waals surface area contributed by atoms with Crippen molar-refractivity contribution >= 4 is 23.2 Å². The maximum Gasteiger partial charge on any atom is 0.273 e. The number of halogens is 1. The molecular weight excluding hydrogens is 278 g/mol. The Morgan fingerprint density at radius 2 is 1.90 bits per heavy atom. The predicted molar refractivity (Wildman–Crippen MR) is 76.4 cm³/mol. The lowest BCUT2D eigenvalue weighted by molar-refractivity contribution is -0.117. The average molecular weight is 290 g/mol. The van der Waals surface area contributed by atoms with Crippen molar-refractivity contribution in [2.45, 2.75) is 11.8 Å². The minimum atomic E-state index is -0.278. The maximum atomic E-state index is 12.1. The fraction of sp³-hybridized carbons (Fsp3) is 0.214. The molecule has 1 aromatic carbocycles. The molecule has 20 heavy (non-hydrogen) atoms. The van der Waals surface area contributed by atoms with E-state index in [-0.39, 0.29) is 16.8 Å². The highest BCUT2D eigenvalue weighted by Crippen LogP contribution is 2.22. The van der Waals surface area contributed by atoms with Crippen molar-refractivity contribution in [1.82, 2.24) is 9.78 Å². The van der Waals surface area contributed by atoms with Crippen LogP contribution < -0.4 is 10.5 Å². The Morgan fingerprint density at radius 1 is 1.15 bits per heavy atom. The fourth-order valence-corrected chi connectivity index (χ4v) is 2.49. The Labute approximate surface area is 120 Å². The van der Waals surface area contributed by atoms with Crippen LogP contribution in [0.5, 0.6) is 0 Å². The van der Waals surface area contributed by atoms with Gasteiger partial charge in [-0.2, -0.15) is 9.78 Å². The lowest BCUT2D eigenvalue weighted by atomic mass is 10.3. The molecule has 2 aromatic rings. The summed E-state index contributed by atoms with van der Waals surface area (Å²) in [5, 5.41) is 3.91. The number of anilines is 1. The van der Waals surface area contributed by atoms with Gasteiger partial charge in [0.2, 0.25) is 5.91 Å². The number of carbonyl (C=O) groups is 1. The minimum absolute atomic E-state index is 0.0799. The first-order valence-corrected chi connectivity index (χ1v) is 6.68. The van der Waals surface area contributed by atoms with Gasteiger partial charge >= 0.3 is 0 Å². The van der Waals surface area contributed by atoms with E-state index in [9.17, 15) is 9.59 Å². The first-order chi connectivity index (χ1) is 9.65. The second-order valence-electron chi connectivity index (χ2n) is 4.61. The number of alkyl halides is 1. The molecule has 1 aromatic heterocycles. The Bertz CT molecular complexity index is 699. The standard InChI is InChI=1S/C14H12ClN3O2/c15-10-6-13(19)17(9-10)12-7-14(20)18(16-8-12)11-4-2-1-3-5-11/h1-5,7-8,10H,6,9H2. The Balaban J connectivity index is 1.96. The molecule has 1 atom stereocenters. The largest absolute Gasteiger partial charge is 0.309 e. The third-order valence-electron chi connectivity index (χ3n) is 3.18. The molecule has 1 unspecified atom stereocenters. The Hall–Kier alpha value is -2.14. The molecule has 1 aliphatic rings. The van der Waals surface area contributed by atoms with Crippen LogP contribution >= 0.6 is 11.6 Å². The molecular formula is C14H12ClN3O2. The zero-order chi connectivity index (χ0) is 14.1. The summed E-state index contributed by atoms with van der Waals surface area (Å²) < 4.78 is 1.29. The summed E-state index contributed by atoms with van der Waals surface area (Å²) in [5.41, 5.74) is 0.905. The lowest BCUT2D eigenvalue weighted by Crippen LogP contribution is -2.28. The van der Waals surface area contributed by atoms with Gasteiger partial charge in [-0.3, -0.25) is 9.59 Å². The first-order valence-electron chi connectivity index (χ1n) is 6.24. The SMILES string of the molecule is O=C1CC(Cl)CN1c1cnn(-c2ccccc2)c(=O)c1. The number of hydrogen-bond donors (Lipinski definition) is 0. The highest BCUT2D eigenvalue weighted by Gasteiger charge is 2.29. The van der Waals surface area contributed by atoms with Gasteiger partial charge in [-0.25, -0.2) is 0 Å². The topological polar surface area (TPSA) is 55.2 Å². The van der Waals surface area contributed by atoms with Crippen LogP contribution in [-0.4, -0.2) is 27.6 Å². The average Bonchev–Trinajstić information content (AvgIpc) is 2.78. The second kappa shape index (κ2) is 5.09. The van der Waals surface area contributed by atoms with Crippen LogP contribution in [0.4, 0.5) is 5.69 Å². The van der Waals surface area contributed by atoms with Gasteiger partial charge in [0.05, 0.1) is 22.9 Å². The molecule has 1 aliphatic heterocycles. The number of carbonyl (C=O) groups excluding carboxylic acids is 1. The van der Waals surface area contributed by atoms with Gasteiger partial charge < -0.3 is 4.90 Å². The molecule has 102 valence electrons. The van der Waals surface area contributed by atoms with Crippen LogP contribution in [0.3, 0.4) is 0 Å². The number of amides is 1. The first kappa shape index (κ1) is 12.9. The number of nitrogens with zero attached hydrogens (tertiary/aromatic N) is 3. The molecule has 0 spiro atoms. The van der Waals surface area contributed by atoms with Gasteiger partial charge in [0.15, 0.2) is 0 Å². The summed E-state index contributed by atoms with van der Waals surface area (Å²) in [6.07, 6.45) is 1.81. The number of para-hydroxylation sites is 1. The fourth-order valence-electron chi connectivity index (χ4n) is 2.22. The van der Waals surface area contributed by atoms with Crippen molar-refractivity contribution in [1.29, 1.82) is 0 Å². The smallest absolute Gasteiger partial charge is 0.273 e. The molecule has 3 rings (SSSR count). The van der Waals surface area contributed by atoms with Gasteiger partial charge in [-0.1, -0.05) is 18.2 Å². The predicted octanol–water partition coefficient (Wildman–Crippen LogP) is 1.58. The zero-order valence-electron chi connectivity index (χ0n) is 10.6.